The number of likely N-dealkylation sites (tertiary alicyclic amines) is 2. The summed E-state index contributed by atoms with van der Waals surface area (Å²) in [6, 6.07) is 0. The van der Waals surface area contributed by atoms with E-state index in [2.05, 4.69) is 0 Å². The molecule has 5 fully saturated rings. The van der Waals surface area contributed by atoms with E-state index in [1.807, 2.05) is 46.4 Å². The molecule has 1 unspecified atom stereocenters. The van der Waals surface area contributed by atoms with Crippen molar-refractivity contribution in [2.24, 2.45) is 35.5 Å². The minimum Gasteiger partial charge on any atom is -0.444 e. The van der Waals surface area contributed by atoms with Crippen LogP contribution in [-0.4, -0.2) is 78.4 Å². The zero-order chi connectivity index (χ0) is 27.0. The molecule has 210 valence electrons. The maximum Gasteiger partial charge on any atom is 0.410 e. The summed E-state index contributed by atoms with van der Waals surface area (Å²) in [4.78, 5) is 38.2. The first-order valence-electron chi connectivity index (χ1n) is 14.4. The number of rotatable bonds is 4. The zero-order valence-corrected chi connectivity index (χ0v) is 23.7. The number of hydrogen-bond donors (Lipinski definition) is 0. The van der Waals surface area contributed by atoms with Crippen molar-refractivity contribution in [1.82, 2.24) is 9.80 Å². The molecule has 5 aliphatic rings. The second kappa shape index (κ2) is 11.1. The topological polar surface area (TPSA) is 88.7 Å². The molecule has 3 heterocycles. The Balaban J connectivity index is 0.000000173. The van der Waals surface area contributed by atoms with Gasteiger partial charge in [-0.3, -0.25) is 0 Å². The molecule has 37 heavy (non-hydrogen) atoms. The Morgan fingerprint density at radius 1 is 0.730 bits per heavy atom. The third-order valence-corrected chi connectivity index (χ3v) is 8.39. The van der Waals surface area contributed by atoms with Crippen LogP contribution in [0.3, 0.4) is 0 Å². The highest BCUT2D eigenvalue weighted by Crippen LogP contribution is 2.53. The molecule has 2 aliphatic carbocycles. The molecule has 0 spiro atoms. The van der Waals surface area contributed by atoms with Crippen molar-refractivity contribution in [2.45, 2.75) is 97.4 Å². The Morgan fingerprint density at radius 2 is 1.16 bits per heavy atom. The first-order valence-corrected chi connectivity index (χ1v) is 14.4. The quantitative estimate of drug-likeness (QED) is 0.377. The first kappa shape index (κ1) is 28.2. The van der Waals surface area contributed by atoms with Crippen LogP contribution < -0.4 is 0 Å². The number of epoxide rings is 1. The number of aldehydes is 1. The van der Waals surface area contributed by atoms with E-state index in [1.54, 1.807) is 4.90 Å². The average Bonchev–Trinajstić information content (AvgIpc) is 3.68. The van der Waals surface area contributed by atoms with Crippen LogP contribution in [0.1, 0.15) is 80.1 Å². The van der Waals surface area contributed by atoms with Crippen LogP contribution in [-0.2, 0) is 19.0 Å². The van der Waals surface area contributed by atoms with Crippen molar-refractivity contribution >= 4 is 18.5 Å². The maximum absolute atomic E-state index is 12.0. The Kier molecular flexibility index (Phi) is 8.46. The van der Waals surface area contributed by atoms with Crippen molar-refractivity contribution in [3.8, 4) is 0 Å². The van der Waals surface area contributed by atoms with Crippen molar-refractivity contribution in [2.75, 3.05) is 32.8 Å². The molecule has 3 aliphatic heterocycles. The summed E-state index contributed by atoms with van der Waals surface area (Å²) in [5, 5.41) is 0. The second-order valence-corrected chi connectivity index (χ2v) is 13.7. The van der Waals surface area contributed by atoms with Gasteiger partial charge in [0.15, 0.2) is 0 Å². The number of carbonyl (C=O) groups excluding carboxylic acids is 3. The van der Waals surface area contributed by atoms with Crippen LogP contribution in [0.4, 0.5) is 9.59 Å². The van der Waals surface area contributed by atoms with E-state index >= 15 is 0 Å². The predicted molar refractivity (Wildman–Crippen MR) is 140 cm³/mol. The van der Waals surface area contributed by atoms with Crippen LogP contribution >= 0.6 is 0 Å². The normalized spacial score (nSPS) is 32.1. The van der Waals surface area contributed by atoms with E-state index in [0.717, 1.165) is 88.9 Å². The summed E-state index contributed by atoms with van der Waals surface area (Å²) in [7, 11) is 0. The van der Waals surface area contributed by atoms with Gasteiger partial charge in [0.25, 0.3) is 0 Å². The molecule has 0 aromatic carbocycles. The summed E-state index contributed by atoms with van der Waals surface area (Å²) in [6.45, 7) is 15.6. The van der Waals surface area contributed by atoms with E-state index in [0.29, 0.717) is 23.9 Å². The van der Waals surface area contributed by atoms with Crippen molar-refractivity contribution in [3.63, 3.8) is 0 Å². The molecule has 0 aromatic rings. The maximum atomic E-state index is 12.0. The van der Waals surface area contributed by atoms with Crippen LogP contribution in [0.5, 0.6) is 0 Å². The third-order valence-electron chi connectivity index (χ3n) is 8.39. The number of carbonyl (C=O) groups is 3. The molecule has 0 N–H and O–H groups in total. The lowest BCUT2D eigenvalue weighted by molar-refractivity contribution is -0.109. The highest BCUT2D eigenvalue weighted by atomic mass is 16.6. The molecule has 0 bridgehead atoms. The third kappa shape index (κ3) is 8.33. The van der Waals surface area contributed by atoms with Gasteiger partial charge < -0.3 is 28.8 Å². The first-order chi connectivity index (χ1) is 17.3. The SMILES string of the molecule is CC(C)(C)OC(=O)N1CCC([C@H]2C[C@H]2C2CO2)CC1.CC(C)(C)OC(=O)N1CCC([C@H]2C[C@H]2C=O)CC1. The predicted octanol–water partition coefficient (Wildman–Crippen LogP) is 5.14. The molecular weight excluding hydrogens is 472 g/mol. The summed E-state index contributed by atoms with van der Waals surface area (Å²) in [5.41, 5.74) is -0.814. The van der Waals surface area contributed by atoms with E-state index < -0.39 is 11.2 Å². The monoisotopic (exact) mass is 520 g/mol. The van der Waals surface area contributed by atoms with E-state index in [-0.39, 0.29) is 12.2 Å². The number of piperidine rings is 2. The highest BCUT2D eigenvalue weighted by Gasteiger charge is 2.52. The van der Waals surface area contributed by atoms with E-state index in [9.17, 15) is 14.4 Å². The fourth-order valence-electron chi connectivity index (χ4n) is 6.12. The fourth-order valence-corrected chi connectivity index (χ4v) is 6.12. The van der Waals surface area contributed by atoms with Gasteiger partial charge in [-0.05, 0) is 110 Å². The van der Waals surface area contributed by atoms with Gasteiger partial charge in [-0.2, -0.15) is 0 Å². The smallest absolute Gasteiger partial charge is 0.410 e. The molecule has 0 radical (unpaired) electrons. The summed E-state index contributed by atoms with van der Waals surface area (Å²) >= 11 is 0. The molecule has 2 amide bonds. The Hall–Kier alpha value is -1.83. The molecule has 3 saturated heterocycles. The lowest BCUT2D eigenvalue weighted by Crippen LogP contribution is -2.42. The molecule has 2 saturated carbocycles. The molecule has 8 heteroatoms. The van der Waals surface area contributed by atoms with Gasteiger partial charge >= 0.3 is 12.2 Å². The van der Waals surface area contributed by atoms with E-state index in [1.165, 1.54) is 6.42 Å². The molecule has 5 rings (SSSR count). The van der Waals surface area contributed by atoms with Gasteiger partial charge in [-0.1, -0.05) is 0 Å². The Labute approximate surface area is 222 Å². The molecule has 8 nitrogen and oxygen atoms in total. The standard InChI is InChI=1S/C15H25NO3.C14H23NO3/c1-15(2,3)19-14(17)16-6-4-10(5-7-16)11-8-12(11)13-9-18-13;1-14(2,3)18-13(17)15-6-4-10(5-7-15)12-8-11(12)9-16/h10-13H,4-9H2,1-3H3;9-12H,4-8H2,1-3H3/t11-,12-,13?;11-,12+/m10/s1. The lowest BCUT2D eigenvalue weighted by atomic mass is 9.90. The second-order valence-electron chi connectivity index (χ2n) is 13.7. The van der Waals surface area contributed by atoms with Crippen LogP contribution in [0.25, 0.3) is 0 Å². The number of ether oxygens (including phenoxy) is 3. The summed E-state index contributed by atoms with van der Waals surface area (Å²) in [6.07, 6.45) is 8.00. The van der Waals surface area contributed by atoms with Crippen LogP contribution in [0.15, 0.2) is 0 Å². The van der Waals surface area contributed by atoms with Crippen LogP contribution in [0, 0.1) is 35.5 Å². The lowest BCUT2D eigenvalue weighted by Gasteiger charge is -2.33. The zero-order valence-electron chi connectivity index (χ0n) is 23.7. The highest BCUT2D eigenvalue weighted by molar-refractivity contribution is 5.68. The van der Waals surface area contributed by atoms with Crippen LogP contribution in [0.2, 0.25) is 0 Å². The van der Waals surface area contributed by atoms with Gasteiger partial charge in [0.05, 0.1) is 12.7 Å². The Morgan fingerprint density at radius 3 is 1.51 bits per heavy atom. The van der Waals surface area contributed by atoms with E-state index in [4.69, 9.17) is 14.2 Å². The number of nitrogens with zero attached hydrogens (tertiary/aromatic N) is 2. The minimum absolute atomic E-state index is 0.149. The molecular formula is C29H48N2O6. The van der Waals surface area contributed by atoms with Gasteiger partial charge in [0.1, 0.15) is 17.5 Å². The molecule has 5 atom stereocenters. The average molecular weight is 521 g/mol. The van der Waals surface area contributed by atoms with Crippen molar-refractivity contribution in [1.29, 1.82) is 0 Å². The van der Waals surface area contributed by atoms with Crippen molar-refractivity contribution < 1.29 is 28.6 Å². The molecule has 0 aromatic heterocycles. The van der Waals surface area contributed by atoms with Gasteiger partial charge in [-0.25, -0.2) is 9.59 Å². The van der Waals surface area contributed by atoms with Crippen molar-refractivity contribution in [3.05, 3.63) is 0 Å². The van der Waals surface area contributed by atoms with Gasteiger partial charge in [0, 0.05) is 32.1 Å². The number of hydrogen-bond acceptors (Lipinski definition) is 6. The largest absolute Gasteiger partial charge is 0.444 e. The fraction of sp³-hybridized carbons (Fsp3) is 0.897. The summed E-state index contributed by atoms with van der Waals surface area (Å²) < 4.78 is 16.2. The minimum atomic E-state index is -0.424. The summed E-state index contributed by atoms with van der Waals surface area (Å²) in [5.74, 6) is 4.00. The van der Waals surface area contributed by atoms with Gasteiger partial charge in [-0.15, -0.1) is 0 Å². The Bertz CT molecular complexity index is 813. The van der Waals surface area contributed by atoms with Gasteiger partial charge in [0.2, 0.25) is 0 Å². The number of amides is 2.